The van der Waals surface area contributed by atoms with Crippen LogP contribution in [0.4, 0.5) is 4.39 Å². The molecule has 3 aromatic heterocycles. The minimum absolute atomic E-state index is 0.291. The molecule has 0 aliphatic rings. The topological polar surface area (TPSA) is 81.4 Å². The predicted molar refractivity (Wildman–Crippen MR) is 83.7 cm³/mol. The first-order valence-corrected chi connectivity index (χ1v) is 6.81. The van der Waals surface area contributed by atoms with Gasteiger partial charge in [-0.3, -0.25) is 4.57 Å². The summed E-state index contributed by atoms with van der Waals surface area (Å²) in [6.07, 6.45) is 3.02. The van der Waals surface area contributed by atoms with Gasteiger partial charge in [-0.1, -0.05) is 6.58 Å². The van der Waals surface area contributed by atoms with Crippen LogP contribution in [0.2, 0.25) is 0 Å². The van der Waals surface area contributed by atoms with E-state index in [1.54, 1.807) is 17.6 Å². The molecule has 0 radical (unpaired) electrons. The number of hydrogen-bond acceptors (Lipinski definition) is 4. The molecular formula is C15H11FN6O. The summed E-state index contributed by atoms with van der Waals surface area (Å²) < 4.78 is 16.4. The van der Waals surface area contributed by atoms with Gasteiger partial charge in [-0.15, -0.1) is 0 Å². The van der Waals surface area contributed by atoms with Gasteiger partial charge in [0.2, 0.25) is 5.95 Å². The first-order valence-electron chi connectivity index (χ1n) is 6.81. The molecule has 7 nitrogen and oxygen atoms in total. The molecule has 0 bridgehead atoms. The van der Waals surface area contributed by atoms with E-state index in [9.17, 15) is 9.18 Å². The van der Waals surface area contributed by atoms with Crippen molar-refractivity contribution in [1.29, 1.82) is 0 Å². The van der Waals surface area contributed by atoms with Gasteiger partial charge in [0.05, 0.1) is 17.2 Å². The van der Waals surface area contributed by atoms with Crippen LogP contribution in [0.15, 0.2) is 42.1 Å². The molecule has 0 aliphatic carbocycles. The maximum Gasteiger partial charge on any atom is 0.332 e. The first kappa shape index (κ1) is 13.4. The van der Waals surface area contributed by atoms with Crippen molar-refractivity contribution in [1.82, 2.24) is 29.1 Å². The van der Waals surface area contributed by atoms with Crippen molar-refractivity contribution >= 4 is 27.9 Å². The van der Waals surface area contributed by atoms with Gasteiger partial charge in [0.25, 0.3) is 0 Å². The smallest absolute Gasteiger partial charge is 0.303 e. The van der Waals surface area contributed by atoms with Crippen LogP contribution in [0.5, 0.6) is 0 Å². The van der Waals surface area contributed by atoms with Gasteiger partial charge in [-0.25, -0.2) is 23.7 Å². The van der Waals surface area contributed by atoms with Gasteiger partial charge in [-0.2, -0.15) is 4.98 Å². The number of imidazole rings is 2. The van der Waals surface area contributed by atoms with Crippen molar-refractivity contribution in [2.45, 2.75) is 6.92 Å². The zero-order chi connectivity index (χ0) is 16.1. The van der Waals surface area contributed by atoms with Crippen LogP contribution in [0.25, 0.3) is 33.8 Å². The monoisotopic (exact) mass is 310 g/mol. The largest absolute Gasteiger partial charge is 0.332 e. The maximum absolute atomic E-state index is 13.5. The van der Waals surface area contributed by atoms with Crippen molar-refractivity contribution < 1.29 is 4.39 Å². The lowest BCUT2D eigenvalue weighted by atomic mass is 10.3. The molecule has 4 aromatic rings. The number of nitrogens with one attached hydrogen (secondary N) is 1. The Morgan fingerprint density at radius 3 is 2.96 bits per heavy atom. The number of hydrogen-bond donors (Lipinski definition) is 1. The number of rotatable bonds is 2. The van der Waals surface area contributed by atoms with Gasteiger partial charge >= 0.3 is 5.69 Å². The van der Waals surface area contributed by atoms with Gasteiger partial charge in [0, 0.05) is 11.8 Å². The summed E-state index contributed by atoms with van der Waals surface area (Å²) >= 11 is 0. The Kier molecular flexibility index (Phi) is 2.68. The summed E-state index contributed by atoms with van der Waals surface area (Å²) in [5.74, 6) is -0.0829. The van der Waals surface area contributed by atoms with Crippen LogP contribution in [-0.2, 0) is 0 Å². The second-order valence-electron chi connectivity index (χ2n) is 5.16. The molecule has 0 fully saturated rings. The van der Waals surface area contributed by atoms with Gasteiger partial charge in [0.1, 0.15) is 17.7 Å². The van der Waals surface area contributed by atoms with Gasteiger partial charge in [-0.05, 0) is 19.1 Å². The highest BCUT2D eigenvalue weighted by Crippen LogP contribution is 2.18. The molecule has 4 rings (SSSR count). The van der Waals surface area contributed by atoms with E-state index in [0.717, 1.165) is 0 Å². The van der Waals surface area contributed by atoms with Crippen LogP contribution < -0.4 is 5.69 Å². The van der Waals surface area contributed by atoms with Crippen molar-refractivity contribution in [2.75, 3.05) is 0 Å². The standard InChI is InChI=1S/C15H11FN6O/c1-8(2)22-13-11(19-15(22)23)6-17-14(20-13)21-7-18-10-4-3-9(16)5-12(10)21/h3-7H,1H2,2H3,(H,19,23). The van der Waals surface area contributed by atoms with E-state index < -0.39 is 0 Å². The Hall–Kier alpha value is -3.29. The van der Waals surface area contributed by atoms with E-state index in [-0.39, 0.29) is 11.5 Å². The van der Waals surface area contributed by atoms with Crippen LogP contribution >= 0.6 is 0 Å². The zero-order valence-corrected chi connectivity index (χ0v) is 12.1. The molecule has 1 aromatic carbocycles. The van der Waals surface area contributed by atoms with Crippen molar-refractivity contribution in [3.8, 4) is 5.95 Å². The Morgan fingerprint density at radius 1 is 1.35 bits per heavy atom. The van der Waals surface area contributed by atoms with E-state index >= 15 is 0 Å². The lowest BCUT2D eigenvalue weighted by Crippen LogP contribution is -2.14. The first-order chi connectivity index (χ1) is 11.0. The van der Waals surface area contributed by atoms with E-state index in [0.29, 0.717) is 33.8 Å². The summed E-state index contributed by atoms with van der Waals surface area (Å²) in [5.41, 5.74) is 2.28. The van der Waals surface area contributed by atoms with Crippen molar-refractivity contribution in [3.63, 3.8) is 0 Å². The average Bonchev–Trinajstić information content (AvgIpc) is 3.05. The Balaban J connectivity index is 2.01. The van der Waals surface area contributed by atoms with Crippen LogP contribution in [0.1, 0.15) is 6.92 Å². The van der Waals surface area contributed by atoms with Crippen molar-refractivity contribution in [3.05, 3.63) is 53.6 Å². The lowest BCUT2D eigenvalue weighted by Gasteiger charge is -2.04. The van der Waals surface area contributed by atoms with E-state index in [4.69, 9.17) is 0 Å². The van der Waals surface area contributed by atoms with Gasteiger partial charge in [0.15, 0.2) is 5.65 Å². The second kappa shape index (κ2) is 4.60. The van der Waals surface area contributed by atoms with E-state index in [1.807, 2.05) is 0 Å². The Labute approximate surface area is 128 Å². The molecule has 0 atom stereocenters. The molecule has 23 heavy (non-hydrogen) atoms. The number of fused-ring (bicyclic) bond motifs is 2. The Bertz CT molecular complexity index is 1140. The number of aromatic amines is 1. The van der Waals surface area contributed by atoms with Crippen LogP contribution in [0.3, 0.4) is 0 Å². The normalized spacial score (nSPS) is 11.4. The maximum atomic E-state index is 13.5. The molecule has 3 heterocycles. The molecule has 114 valence electrons. The fourth-order valence-electron chi connectivity index (χ4n) is 2.50. The molecule has 0 saturated heterocycles. The molecule has 0 unspecified atom stereocenters. The molecule has 1 N–H and O–H groups in total. The number of halogens is 1. The third kappa shape index (κ3) is 1.95. The van der Waals surface area contributed by atoms with E-state index in [2.05, 4.69) is 26.5 Å². The summed E-state index contributed by atoms with van der Waals surface area (Å²) in [4.78, 5) is 27.4. The third-order valence-corrected chi connectivity index (χ3v) is 3.52. The highest BCUT2D eigenvalue weighted by Gasteiger charge is 2.13. The number of benzene rings is 1. The summed E-state index contributed by atoms with van der Waals surface area (Å²) in [6, 6.07) is 4.28. The molecule has 0 saturated carbocycles. The zero-order valence-electron chi connectivity index (χ0n) is 12.1. The van der Waals surface area contributed by atoms with E-state index in [1.165, 1.54) is 29.2 Å². The molecule has 0 spiro atoms. The van der Waals surface area contributed by atoms with Crippen molar-refractivity contribution in [2.24, 2.45) is 0 Å². The van der Waals surface area contributed by atoms with Crippen LogP contribution in [-0.4, -0.2) is 29.1 Å². The number of aromatic nitrogens is 6. The fourth-order valence-corrected chi connectivity index (χ4v) is 2.50. The fraction of sp³-hybridized carbons (Fsp3) is 0.0667. The van der Waals surface area contributed by atoms with Gasteiger partial charge < -0.3 is 4.98 Å². The highest BCUT2D eigenvalue weighted by molar-refractivity contribution is 5.78. The molecule has 8 heteroatoms. The molecular weight excluding hydrogens is 299 g/mol. The minimum atomic E-state index is -0.374. The highest BCUT2D eigenvalue weighted by atomic mass is 19.1. The molecule has 0 aliphatic heterocycles. The average molecular weight is 310 g/mol. The van der Waals surface area contributed by atoms with Crippen LogP contribution in [0, 0.1) is 5.82 Å². The third-order valence-electron chi connectivity index (χ3n) is 3.52. The number of allylic oxidation sites excluding steroid dienone is 1. The quantitative estimate of drug-likeness (QED) is 0.614. The number of nitrogens with zero attached hydrogens (tertiary/aromatic N) is 5. The summed E-state index contributed by atoms with van der Waals surface area (Å²) in [6.45, 7) is 5.48. The predicted octanol–water partition coefficient (Wildman–Crippen LogP) is 2.09. The summed E-state index contributed by atoms with van der Waals surface area (Å²) in [7, 11) is 0. The molecule has 0 amide bonds. The second-order valence-corrected chi connectivity index (χ2v) is 5.16. The summed E-state index contributed by atoms with van der Waals surface area (Å²) in [5, 5.41) is 0. The minimum Gasteiger partial charge on any atom is -0.303 e. The Morgan fingerprint density at radius 2 is 2.17 bits per heavy atom. The lowest BCUT2D eigenvalue weighted by molar-refractivity contribution is 0.629. The number of H-pyrrole nitrogens is 1. The SMILES string of the molecule is C=C(C)n1c(=O)[nH]c2cnc(-n3cnc4ccc(F)cc43)nc21.